The highest BCUT2D eigenvalue weighted by molar-refractivity contribution is 7.91. The predicted molar refractivity (Wildman–Crippen MR) is 117 cm³/mol. The van der Waals surface area contributed by atoms with Gasteiger partial charge in [-0.1, -0.05) is 6.07 Å². The molecule has 30 heavy (non-hydrogen) atoms. The lowest BCUT2D eigenvalue weighted by atomic mass is 10.2. The zero-order valence-corrected chi connectivity index (χ0v) is 18.4. The van der Waals surface area contributed by atoms with Crippen molar-refractivity contribution in [1.82, 2.24) is 19.5 Å². The van der Waals surface area contributed by atoms with Crippen LogP contribution in [0.2, 0.25) is 0 Å². The molecule has 3 aromatic rings. The number of thiophene rings is 1. The number of hydrogen-bond acceptors (Lipinski definition) is 8. The highest BCUT2D eigenvalue weighted by Crippen LogP contribution is 2.34. The van der Waals surface area contributed by atoms with Gasteiger partial charge in [-0.05, 0) is 43.5 Å². The van der Waals surface area contributed by atoms with E-state index in [1.807, 2.05) is 22.7 Å². The van der Waals surface area contributed by atoms with Crippen LogP contribution in [-0.4, -0.2) is 63.8 Å². The number of nitrogens with zero attached hydrogens (tertiary/aromatic N) is 4. The van der Waals surface area contributed by atoms with E-state index in [1.54, 1.807) is 11.3 Å². The number of anilines is 1. The number of sulfone groups is 1. The second-order valence-electron chi connectivity index (χ2n) is 8.19. The highest BCUT2D eigenvalue weighted by Gasteiger charge is 2.30. The fraction of sp³-hybridized carbons (Fsp3) is 0.500. The van der Waals surface area contributed by atoms with E-state index in [2.05, 4.69) is 33.3 Å². The largest absolute Gasteiger partial charge is 0.373 e. The normalized spacial score (nSPS) is 20.5. The average molecular weight is 448 g/mol. The molecule has 1 unspecified atom stereocenters. The van der Waals surface area contributed by atoms with Crippen LogP contribution in [0.3, 0.4) is 0 Å². The quantitative estimate of drug-likeness (QED) is 0.559. The Kier molecular flexibility index (Phi) is 5.04. The maximum Gasteiger partial charge on any atom is 0.245 e. The number of nitrogens with one attached hydrogen (secondary N) is 1. The molecule has 3 aromatic heterocycles. The molecule has 4 heterocycles. The fourth-order valence-electron chi connectivity index (χ4n) is 3.73. The topological polar surface area (TPSA) is 99.8 Å². The molecule has 160 valence electrons. The number of fused-ring (bicyclic) bond motifs is 1. The third-order valence-electron chi connectivity index (χ3n) is 5.78. The van der Waals surface area contributed by atoms with E-state index in [-0.39, 0.29) is 11.5 Å². The minimum Gasteiger partial charge on any atom is -0.373 e. The third kappa shape index (κ3) is 4.09. The number of pyridine rings is 1. The molecule has 0 amide bonds. The molecule has 1 aliphatic carbocycles. The molecule has 1 saturated carbocycles. The number of aryl methyl sites for hydroxylation is 1. The van der Waals surface area contributed by atoms with E-state index in [9.17, 15) is 13.5 Å². The summed E-state index contributed by atoms with van der Waals surface area (Å²) in [5.41, 5.74) is 2.88. The Labute approximate surface area is 179 Å². The number of hydrogen-bond donors (Lipinski definition) is 2. The van der Waals surface area contributed by atoms with Gasteiger partial charge in [0.25, 0.3) is 0 Å². The van der Waals surface area contributed by atoms with Crippen molar-refractivity contribution in [1.29, 1.82) is 0 Å². The fourth-order valence-corrected chi connectivity index (χ4v) is 6.23. The molecular formula is C20H25N5O3S2. The lowest BCUT2D eigenvalue weighted by Gasteiger charge is -2.26. The van der Waals surface area contributed by atoms with Crippen molar-refractivity contribution in [2.24, 2.45) is 5.92 Å². The number of rotatable bonds is 6. The van der Waals surface area contributed by atoms with E-state index < -0.39 is 16.1 Å². The van der Waals surface area contributed by atoms with E-state index in [0.717, 1.165) is 35.6 Å². The van der Waals surface area contributed by atoms with Gasteiger partial charge >= 0.3 is 0 Å². The first-order valence-corrected chi connectivity index (χ1v) is 12.8. The van der Waals surface area contributed by atoms with Crippen LogP contribution in [0.1, 0.15) is 23.3 Å². The zero-order chi connectivity index (χ0) is 20.9. The predicted octanol–water partition coefficient (Wildman–Crippen LogP) is 2.14. The Morgan fingerprint density at radius 1 is 1.30 bits per heavy atom. The zero-order valence-electron chi connectivity index (χ0n) is 16.8. The standard InChI is InChI=1S/C20H25N5O3S2/c1-13-11-16(29-17(13)12-24-7-9-30(27,28)10-8-24)15-3-2-4-18-21-20(23-25(15)18)22-19(26)14-5-6-14/h2-4,11,14,19,26H,5-10,12H2,1H3,(H,22,23). The molecule has 2 N–H and O–H groups in total. The first-order valence-electron chi connectivity index (χ1n) is 10.2. The van der Waals surface area contributed by atoms with Gasteiger partial charge in [0.15, 0.2) is 15.5 Å². The van der Waals surface area contributed by atoms with Gasteiger partial charge in [0.1, 0.15) is 6.23 Å². The van der Waals surface area contributed by atoms with Crippen LogP contribution in [0.15, 0.2) is 24.3 Å². The van der Waals surface area contributed by atoms with Gasteiger partial charge in [-0.2, -0.15) is 4.98 Å². The van der Waals surface area contributed by atoms with E-state index >= 15 is 0 Å². The monoisotopic (exact) mass is 447 g/mol. The molecule has 2 fully saturated rings. The minimum absolute atomic E-state index is 0.241. The number of aliphatic hydroxyl groups is 1. The Bertz CT molecular complexity index is 1170. The molecule has 0 spiro atoms. The van der Waals surface area contributed by atoms with Gasteiger partial charge in [-0.3, -0.25) is 4.90 Å². The second kappa shape index (κ2) is 7.60. The molecular weight excluding hydrogens is 422 g/mol. The summed E-state index contributed by atoms with van der Waals surface area (Å²) < 4.78 is 25.2. The molecule has 1 saturated heterocycles. The molecule has 0 bridgehead atoms. The highest BCUT2D eigenvalue weighted by atomic mass is 32.2. The molecule has 2 aliphatic rings. The molecule has 8 nitrogen and oxygen atoms in total. The van der Waals surface area contributed by atoms with Crippen molar-refractivity contribution < 1.29 is 13.5 Å². The maximum absolute atomic E-state index is 11.7. The Hall–Kier alpha value is -2.01. The van der Waals surface area contributed by atoms with E-state index in [1.165, 1.54) is 10.4 Å². The summed E-state index contributed by atoms with van der Waals surface area (Å²) in [5, 5.41) is 17.7. The van der Waals surface area contributed by atoms with Crippen LogP contribution < -0.4 is 5.32 Å². The van der Waals surface area contributed by atoms with Crippen LogP contribution in [0.4, 0.5) is 5.95 Å². The van der Waals surface area contributed by atoms with Crippen molar-refractivity contribution in [2.75, 3.05) is 29.9 Å². The molecule has 0 aromatic carbocycles. The maximum atomic E-state index is 11.7. The van der Waals surface area contributed by atoms with E-state index in [4.69, 9.17) is 0 Å². The Morgan fingerprint density at radius 3 is 2.80 bits per heavy atom. The van der Waals surface area contributed by atoms with Gasteiger partial charge < -0.3 is 10.4 Å². The summed E-state index contributed by atoms with van der Waals surface area (Å²) >= 11 is 1.71. The summed E-state index contributed by atoms with van der Waals surface area (Å²) in [6, 6.07) is 8.04. The van der Waals surface area contributed by atoms with E-state index in [0.29, 0.717) is 25.0 Å². The molecule has 0 radical (unpaired) electrons. The third-order valence-corrected chi connectivity index (χ3v) is 8.64. The van der Waals surface area contributed by atoms with Crippen molar-refractivity contribution in [2.45, 2.75) is 32.5 Å². The van der Waals surface area contributed by atoms with Crippen LogP contribution in [-0.2, 0) is 16.4 Å². The van der Waals surface area contributed by atoms with Gasteiger partial charge in [0, 0.05) is 30.4 Å². The van der Waals surface area contributed by atoms with Crippen molar-refractivity contribution >= 4 is 32.8 Å². The van der Waals surface area contributed by atoms with Gasteiger partial charge in [-0.15, -0.1) is 16.4 Å². The first-order chi connectivity index (χ1) is 14.4. The van der Waals surface area contributed by atoms with Crippen LogP contribution in [0.25, 0.3) is 16.2 Å². The Morgan fingerprint density at radius 2 is 2.07 bits per heavy atom. The van der Waals surface area contributed by atoms with Crippen LogP contribution in [0.5, 0.6) is 0 Å². The molecule has 1 atom stereocenters. The van der Waals surface area contributed by atoms with Crippen LogP contribution in [0, 0.1) is 12.8 Å². The first kappa shape index (κ1) is 19.9. The summed E-state index contributed by atoms with van der Waals surface area (Å²) in [6.45, 7) is 4.04. The van der Waals surface area contributed by atoms with Crippen molar-refractivity contribution in [3.63, 3.8) is 0 Å². The van der Waals surface area contributed by atoms with Gasteiger partial charge in [-0.25, -0.2) is 12.9 Å². The molecule has 5 rings (SSSR count). The second-order valence-corrected chi connectivity index (χ2v) is 11.6. The lowest BCUT2D eigenvalue weighted by Crippen LogP contribution is -2.39. The Balaban J connectivity index is 1.38. The number of aliphatic hydroxyl groups excluding tert-OH is 1. The van der Waals surface area contributed by atoms with Crippen molar-refractivity contribution in [3.05, 3.63) is 34.7 Å². The molecule has 1 aliphatic heterocycles. The summed E-state index contributed by atoms with van der Waals surface area (Å²) in [7, 11) is -2.87. The average Bonchev–Trinajstić information content (AvgIpc) is 3.39. The lowest BCUT2D eigenvalue weighted by molar-refractivity contribution is 0.179. The minimum atomic E-state index is -2.87. The SMILES string of the molecule is Cc1cc(-c2cccc3nc(NC(O)C4CC4)nn23)sc1CN1CCS(=O)(=O)CC1. The van der Waals surface area contributed by atoms with Crippen molar-refractivity contribution in [3.8, 4) is 10.6 Å². The summed E-state index contributed by atoms with van der Waals surface area (Å²) in [6.07, 6.45) is 1.47. The smallest absolute Gasteiger partial charge is 0.245 e. The van der Waals surface area contributed by atoms with Gasteiger partial charge in [0.2, 0.25) is 5.95 Å². The van der Waals surface area contributed by atoms with Crippen LogP contribution >= 0.6 is 11.3 Å². The van der Waals surface area contributed by atoms with Gasteiger partial charge in [0.05, 0.1) is 22.1 Å². The number of aromatic nitrogens is 3. The summed E-state index contributed by atoms with van der Waals surface area (Å²) in [4.78, 5) is 9.05. The molecule has 10 heteroatoms. The summed E-state index contributed by atoms with van der Waals surface area (Å²) in [5.74, 6) is 1.21.